The van der Waals surface area contributed by atoms with E-state index in [2.05, 4.69) is 4.98 Å². The van der Waals surface area contributed by atoms with Crippen LogP contribution >= 0.6 is 0 Å². The third-order valence-electron chi connectivity index (χ3n) is 2.51. The van der Waals surface area contributed by atoms with Gasteiger partial charge in [0.15, 0.2) is 5.67 Å². The van der Waals surface area contributed by atoms with Crippen LogP contribution in [0.3, 0.4) is 0 Å². The van der Waals surface area contributed by atoms with Crippen LogP contribution in [0.25, 0.3) is 0 Å². The number of hydrogen-bond donors (Lipinski definition) is 2. The van der Waals surface area contributed by atoms with E-state index in [4.69, 9.17) is 11.5 Å². The minimum Gasteiger partial charge on any atom is -0.398 e. The van der Waals surface area contributed by atoms with Gasteiger partial charge in [-0.1, -0.05) is 13.8 Å². The maximum absolute atomic E-state index is 14.4. The van der Waals surface area contributed by atoms with Crippen molar-refractivity contribution in [2.24, 2.45) is 11.7 Å². The van der Waals surface area contributed by atoms with E-state index in [0.29, 0.717) is 11.3 Å². The summed E-state index contributed by atoms with van der Waals surface area (Å²) in [7, 11) is 0. The molecule has 0 aromatic carbocycles. The Hall–Kier alpha value is -1.16. The largest absolute Gasteiger partial charge is 0.398 e. The summed E-state index contributed by atoms with van der Waals surface area (Å²) in [6.45, 7) is 3.47. The smallest absolute Gasteiger partial charge is 0.153 e. The molecule has 0 saturated heterocycles. The number of halogens is 1. The van der Waals surface area contributed by atoms with E-state index >= 15 is 0 Å². The molecule has 4 heteroatoms. The van der Waals surface area contributed by atoms with Crippen molar-refractivity contribution >= 4 is 5.69 Å². The third kappa shape index (κ3) is 1.70. The van der Waals surface area contributed by atoms with Crippen molar-refractivity contribution in [1.82, 2.24) is 4.98 Å². The van der Waals surface area contributed by atoms with Gasteiger partial charge >= 0.3 is 0 Å². The second-order valence-electron chi connectivity index (χ2n) is 3.68. The fourth-order valence-corrected chi connectivity index (χ4v) is 1.41. The lowest BCUT2D eigenvalue weighted by atomic mass is 9.85. The Morgan fingerprint density at radius 1 is 1.57 bits per heavy atom. The van der Waals surface area contributed by atoms with Gasteiger partial charge in [-0.25, -0.2) is 4.39 Å². The van der Waals surface area contributed by atoms with Crippen molar-refractivity contribution in [1.29, 1.82) is 0 Å². The molecule has 0 aliphatic carbocycles. The molecule has 1 aromatic heterocycles. The Morgan fingerprint density at radius 3 is 2.64 bits per heavy atom. The Balaban J connectivity index is 3.19. The number of nitrogen functional groups attached to an aromatic ring is 1. The number of hydrogen-bond acceptors (Lipinski definition) is 3. The molecule has 78 valence electrons. The van der Waals surface area contributed by atoms with Crippen molar-refractivity contribution in [3.05, 3.63) is 24.0 Å². The van der Waals surface area contributed by atoms with Gasteiger partial charge in [-0.2, -0.15) is 0 Å². The summed E-state index contributed by atoms with van der Waals surface area (Å²) in [5.41, 5.74) is 10.3. The van der Waals surface area contributed by atoms with Crippen LogP contribution in [-0.2, 0) is 5.67 Å². The molecule has 1 aromatic rings. The average Bonchev–Trinajstić information content (AvgIpc) is 2.17. The molecule has 0 radical (unpaired) electrons. The van der Waals surface area contributed by atoms with Crippen molar-refractivity contribution in [3.63, 3.8) is 0 Å². The Morgan fingerprint density at radius 2 is 2.21 bits per heavy atom. The molecule has 0 saturated carbocycles. The molecule has 0 aliphatic rings. The van der Waals surface area contributed by atoms with Gasteiger partial charge in [0.2, 0.25) is 0 Å². The van der Waals surface area contributed by atoms with E-state index in [1.807, 2.05) is 0 Å². The molecule has 14 heavy (non-hydrogen) atoms. The first kappa shape index (κ1) is 10.9. The van der Waals surface area contributed by atoms with E-state index in [1.54, 1.807) is 19.9 Å². The molecule has 1 heterocycles. The maximum atomic E-state index is 14.4. The molecule has 4 N–H and O–H groups in total. The van der Waals surface area contributed by atoms with Gasteiger partial charge in [0, 0.05) is 30.2 Å². The van der Waals surface area contributed by atoms with Crippen LogP contribution in [0.2, 0.25) is 0 Å². The van der Waals surface area contributed by atoms with Crippen molar-refractivity contribution in [2.75, 3.05) is 12.3 Å². The minimum atomic E-state index is -1.58. The summed E-state index contributed by atoms with van der Waals surface area (Å²) >= 11 is 0. The monoisotopic (exact) mass is 197 g/mol. The van der Waals surface area contributed by atoms with Crippen molar-refractivity contribution in [2.45, 2.75) is 19.5 Å². The number of aromatic nitrogens is 1. The summed E-state index contributed by atoms with van der Waals surface area (Å²) < 4.78 is 14.4. The number of rotatable bonds is 3. The highest BCUT2D eigenvalue weighted by atomic mass is 19.1. The van der Waals surface area contributed by atoms with E-state index < -0.39 is 5.67 Å². The lowest BCUT2D eigenvalue weighted by molar-refractivity contribution is 0.110. The molecule has 3 nitrogen and oxygen atoms in total. The lowest BCUT2D eigenvalue weighted by Gasteiger charge is -2.28. The van der Waals surface area contributed by atoms with Crippen LogP contribution in [0.15, 0.2) is 18.5 Å². The quantitative estimate of drug-likeness (QED) is 0.770. The first-order valence-electron chi connectivity index (χ1n) is 4.61. The summed E-state index contributed by atoms with van der Waals surface area (Å²) in [5, 5.41) is 0. The molecule has 1 rings (SSSR count). The zero-order valence-corrected chi connectivity index (χ0v) is 8.50. The fraction of sp³-hybridized carbons (Fsp3) is 0.500. The number of alkyl halides is 1. The predicted octanol–water partition coefficient (Wildman–Crippen LogP) is 1.44. The summed E-state index contributed by atoms with van der Waals surface area (Å²) in [4.78, 5) is 3.87. The van der Waals surface area contributed by atoms with Crippen LogP contribution in [-0.4, -0.2) is 11.5 Å². The first-order valence-corrected chi connectivity index (χ1v) is 4.61. The second-order valence-corrected chi connectivity index (χ2v) is 3.68. The highest BCUT2D eigenvalue weighted by Gasteiger charge is 2.36. The van der Waals surface area contributed by atoms with Crippen molar-refractivity contribution < 1.29 is 4.39 Å². The van der Waals surface area contributed by atoms with E-state index in [9.17, 15) is 4.39 Å². The molecule has 0 aliphatic heterocycles. The number of nitrogens with zero attached hydrogens (tertiary/aromatic N) is 1. The van der Waals surface area contributed by atoms with Gasteiger partial charge in [0.1, 0.15) is 0 Å². The molecule has 0 fully saturated rings. The Kier molecular flexibility index (Phi) is 3.06. The van der Waals surface area contributed by atoms with Gasteiger partial charge in [0.05, 0.1) is 0 Å². The minimum absolute atomic E-state index is 0.0828. The van der Waals surface area contributed by atoms with Gasteiger partial charge in [-0.15, -0.1) is 0 Å². The Bertz CT molecular complexity index is 314. The van der Waals surface area contributed by atoms with E-state index in [-0.39, 0.29) is 12.5 Å². The lowest BCUT2D eigenvalue weighted by Crippen LogP contribution is -2.36. The standard InChI is InChI=1S/C10H16FN3/c1-7(2)10(11,6-12)8-5-14-4-3-9(8)13/h3-5,7H,6,12H2,1-2H3,(H2,13,14). The Labute approximate surface area is 83.3 Å². The van der Waals surface area contributed by atoms with Gasteiger partial charge in [-0.05, 0) is 12.0 Å². The topological polar surface area (TPSA) is 64.9 Å². The fourth-order valence-electron chi connectivity index (χ4n) is 1.41. The molecule has 0 spiro atoms. The molecular weight excluding hydrogens is 181 g/mol. The van der Waals surface area contributed by atoms with Crippen LogP contribution in [0.1, 0.15) is 19.4 Å². The van der Waals surface area contributed by atoms with Gasteiger partial charge in [0.25, 0.3) is 0 Å². The SMILES string of the molecule is CC(C)C(F)(CN)c1cnccc1N. The summed E-state index contributed by atoms with van der Waals surface area (Å²) in [6, 6.07) is 1.59. The summed E-state index contributed by atoms with van der Waals surface area (Å²) in [5.74, 6) is -0.223. The molecular formula is C10H16FN3. The maximum Gasteiger partial charge on any atom is 0.153 e. The highest BCUT2D eigenvalue weighted by Crippen LogP contribution is 2.35. The first-order chi connectivity index (χ1) is 6.52. The zero-order chi connectivity index (χ0) is 10.8. The van der Waals surface area contributed by atoms with Crippen LogP contribution in [0.4, 0.5) is 10.1 Å². The van der Waals surface area contributed by atoms with Crippen LogP contribution < -0.4 is 11.5 Å². The van der Waals surface area contributed by atoms with Crippen LogP contribution in [0.5, 0.6) is 0 Å². The van der Waals surface area contributed by atoms with E-state index in [1.165, 1.54) is 12.4 Å². The predicted molar refractivity (Wildman–Crippen MR) is 55.3 cm³/mol. The zero-order valence-electron chi connectivity index (χ0n) is 8.50. The molecule has 1 unspecified atom stereocenters. The molecule has 0 bridgehead atoms. The number of anilines is 1. The number of nitrogens with two attached hydrogens (primary N) is 2. The average molecular weight is 197 g/mol. The number of pyridine rings is 1. The third-order valence-corrected chi connectivity index (χ3v) is 2.51. The summed E-state index contributed by atoms with van der Waals surface area (Å²) in [6.07, 6.45) is 2.98. The highest BCUT2D eigenvalue weighted by molar-refractivity contribution is 5.48. The van der Waals surface area contributed by atoms with Crippen molar-refractivity contribution in [3.8, 4) is 0 Å². The van der Waals surface area contributed by atoms with E-state index in [0.717, 1.165) is 0 Å². The van der Waals surface area contributed by atoms with Crippen LogP contribution in [0, 0.1) is 5.92 Å². The molecule has 0 amide bonds. The second kappa shape index (κ2) is 3.92. The molecule has 1 atom stereocenters. The van der Waals surface area contributed by atoms with Gasteiger partial charge < -0.3 is 11.5 Å². The normalized spacial score (nSPS) is 15.5. The van der Waals surface area contributed by atoms with Gasteiger partial charge in [-0.3, -0.25) is 4.98 Å².